The van der Waals surface area contributed by atoms with E-state index in [9.17, 15) is 0 Å². The molecule has 1 aromatic heterocycles. The predicted octanol–water partition coefficient (Wildman–Crippen LogP) is 5.20. The van der Waals surface area contributed by atoms with Crippen molar-refractivity contribution in [3.63, 3.8) is 0 Å². The summed E-state index contributed by atoms with van der Waals surface area (Å²) in [5.74, 6) is 0.833. The molecule has 3 nitrogen and oxygen atoms in total. The van der Waals surface area contributed by atoms with Crippen LogP contribution in [-0.2, 0) is 5.41 Å². The molecule has 1 heterocycles. The van der Waals surface area contributed by atoms with Gasteiger partial charge < -0.3 is 0 Å². The van der Waals surface area contributed by atoms with Gasteiger partial charge in [0.05, 0.1) is 0 Å². The lowest BCUT2D eigenvalue weighted by molar-refractivity contribution is 0.590. The SMILES string of the molecule is Cc1ccc(-n2c(-c3ccc(C(C)(C)C)cc3)n[nH]c2=S)cc1. The molecule has 1 N–H and O–H groups in total. The molecule has 0 amide bonds. The van der Waals surface area contributed by atoms with E-state index < -0.39 is 0 Å². The van der Waals surface area contributed by atoms with Crippen LogP contribution in [0.3, 0.4) is 0 Å². The average Bonchev–Trinajstić information content (AvgIpc) is 2.89. The zero-order valence-corrected chi connectivity index (χ0v) is 14.7. The highest BCUT2D eigenvalue weighted by Crippen LogP contribution is 2.26. The number of aromatic amines is 1. The van der Waals surface area contributed by atoms with Gasteiger partial charge in [-0.25, -0.2) is 0 Å². The standard InChI is InChI=1S/C19H21N3S/c1-13-5-11-16(12-6-13)22-17(20-21-18(22)23)14-7-9-15(10-8-14)19(2,3)4/h5-12H,1-4H3,(H,21,23). The largest absolute Gasteiger partial charge is 0.268 e. The van der Waals surface area contributed by atoms with Gasteiger partial charge in [-0.2, -0.15) is 5.10 Å². The lowest BCUT2D eigenvalue weighted by atomic mass is 9.87. The molecule has 0 spiro atoms. The molecule has 0 radical (unpaired) electrons. The summed E-state index contributed by atoms with van der Waals surface area (Å²) in [6.07, 6.45) is 0. The van der Waals surface area contributed by atoms with Gasteiger partial charge in [-0.3, -0.25) is 9.67 Å². The van der Waals surface area contributed by atoms with Crippen LogP contribution in [0.1, 0.15) is 31.9 Å². The number of aryl methyl sites for hydroxylation is 1. The van der Waals surface area contributed by atoms with E-state index in [2.05, 4.69) is 86.4 Å². The van der Waals surface area contributed by atoms with Crippen LogP contribution in [0.25, 0.3) is 17.1 Å². The Morgan fingerprint density at radius 2 is 1.57 bits per heavy atom. The highest BCUT2D eigenvalue weighted by Gasteiger charge is 2.15. The second-order valence-corrected chi connectivity index (χ2v) is 7.24. The maximum Gasteiger partial charge on any atom is 0.200 e. The van der Waals surface area contributed by atoms with E-state index in [-0.39, 0.29) is 5.41 Å². The first-order chi connectivity index (χ1) is 10.9. The maximum absolute atomic E-state index is 5.42. The predicted molar refractivity (Wildman–Crippen MR) is 97.6 cm³/mol. The van der Waals surface area contributed by atoms with Gasteiger partial charge in [0.25, 0.3) is 0 Å². The number of aromatic nitrogens is 3. The molecule has 0 aliphatic rings. The lowest BCUT2D eigenvalue weighted by Gasteiger charge is -2.19. The van der Waals surface area contributed by atoms with Crippen molar-refractivity contribution in [2.75, 3.05) is 0 Å². The minimum Gasteiger partial charge on any atom is -0.268 e. The molecule has 0 fully saturated rings. The zero-order valence-electron chi connectivity index (χ0n) is 13.9. The van der Waals surface area contributed by atoms with Crippen LogP contribution in [0.2, 0.25) is 0 Å². The molecule has 4 heteroatoms. The summed E-state index contributed by atoms with van der Waals surface area (Å²) in [6, 6.07) is 16.8. The van der Waals surface area contributed by atoms with Crippen molar-refractivity contribution in [2.24, 2.45) is 0 Å². The molecule has 0 bridgehead atoms. The van der Waals surface area contributed by atoms with E-state index in [4.69, 9.17) is 12.2 Å². The fourth-order valence-electron chi connectivity index (χ4n) is 2.54. The highest BCUT2D eigenvalue weighted by atomic mass is 32.1. The molecule has 3 rings (SSSR count). The highest BCUT2D eigenvalue weighted by molar-refractivity contribution is 7.71. The molecule has 3 aromatic rings. The first-order valence-electron chi connectivity index (χ1n) is 7.71. The van der Waals surface area contributed by atoms with Crippen LogP contribution in [0, 0.1) is 11.7 Å². The van der Waals surface area contributed by atoms with Crippen LogP contribution in [-0.4, -0.2) is 14.8 Å². The Morgan fingerprint density at radius 1 is 0.957 bits per heavy atom. The van der Waals surface area contributed by atoms with E-state index in [1.54, 1.807) is 0 Å². The number of hydrogen-bond acceptors (Lipinski definition) is 2. The molecular weight excluding hydrogens is 302 g/mol. The van der Waals surface area contributed by atoms with Gasteiger partial charge in [-0.05, 0) is 42.3 Å². The van der Waals surface area contributed by atoms with Crippen LogP contribution in [0.5, 0.6) is 0 Å². The third-order valence-electron chi connectivity index (χ3n) is 3.97. The Hall–Kier alpha value is -2.20. The monoisotopic (exact) mass is 323 g/mol. The third kappa shape index (κ3) is 3.13. The Kier molecular flexibility index (Phi) is 3.94. The molecule has 0 aliphatic heterocycles. The lowest BCUT2D eigenvalue weighted by Crippen LogP contribution is -2.10. The van der Waals surface area contributed by atoms with Crippen LogP contribution in [0.4, 0.5) is 0 Å². The van der Waals surface area contributed by atoms with Gasteiger partial charge in [0.15, 0.2) is 10.6 Å². The van der Waals surface area contributed by atoms with Crippen LogP contribution < -0.4 is 0 Å². The minimum absolute atomic E-state index is 0.139. The molecule has 0 atom stereocenters. The van der Waals surface area contributed by atoms with Crippen molar-refractivity contribution in [3.8, 4) is 17.1 Å². The molecule has 0 unspecified atom stereocenters. The van der Waals surface area contributed by atoms with Crippen molar-refractivity contribution < 1.29 is 0 Å². The second kappa shape index (κ2) is 5.78. The van der Waals surface area contributed by atoms with Gasteiger partial charge in [-0.15, -0.1) is 0 Å². The quantitative estimate of drug-likeness (QED) is 0.657. The van der Waals surface area contributed by atoms with E-state index in [0.717, 1.165) is 17.1 Å². The van der Waals surface area contributed by atoms with E-state index in [1.807, 2.05) is 4.57 Å². The fourth-order valence-corrected chi connectivity index (χ4v) is 2.78. The number of H-pyrrole nitrogens is 1. The van der Waals surface area contributed by atoms with Crippen molar-refractivity contribution in [1.29, 1.82) is 0 Å². The van der Waals surface area contributed by atoms with Crippen molar-refractivity contribution >= 4 is 12.2 Å². The molecule has 0 saturated carbocycles. The first kappa shape index (κ1) is 15.7. The Morgan fingerprint density at radius 3 is 2.13 bits per heavy atom. The molecule has 118 valence electrons. The van der Waals surface area contributed by atoms with E-state index in [1.165, 1.54) is 11.1 Å². The minimum atomic E-state index is 0.139. The number of hydrogen-bond donors (Lipinski definition) is 1. The molecular formula is C19H21N3S. The summed E-state index contributed by atoms with van der Waals surface area (Å²) < 4.78 is 2.57. The molecule has 0 saturated heterocycles. The number of benzene rings is 2. The van der Waals surface area contributed by atoms with Gasteiger partial charge in [0.2, 0.25) is 0 Å². The Balaban J connectivity index is 2.08. The van der Waals surface area contributed by atoms with E-state index in [0.29, 0.717) is 4.77 Å². The van der Waals surface area contributed by atoms with Crippen molar-refractivity contribution in [1.82, 2.24) is 14.8 Å². The van der Waals surface area contributed by atoms with Gasteiger partial charge in [-0.1, -0.05) is 62.7 Å². The van der Waals surface area contributed by atoms with Gasteiger partial charge in [0, 0.05) is 11.3 Å². The smallest absolute Gasteiger partial charge is 0.200 e. The summed E-state index contributed by atoms with van der Waals surface area (Å²) >= 11 is 5.42. The zero-order chi connectivity index (χ0) is 16.6. The van der Waals surface area contributed by atoms with Crippen molar-refractivity contribution in [2.45, 2.75) is 33.1 Å². The van der Waals surface area contributed by atoms with E-state index >= 15 is 0 Å². The summed E-state index contributed by atoms with van der Waals surface area (Å²) in [4.78, 5) is 0. The summed E-state index contributed by atoms with van der Waals surface area (Å²) in [6.45, 7) is 8.71. The number of nitrogens with zero attached hydrogens (tertiary/aromatic N) is 2. The third-order valence-corrected chi connectivity index (χ3v) is 4.25. The molecule has 23 heavy (non-hydrogen) atoms. The van der Waals surface area contributed by atoms with Gasteiger partial charge in [0.1, 0.15) is 0 Å². The average molecular weight is 323 g/mol. The Bertz CT molecular complexity index is 863. The Labute approximate surface area is 142 Å². The van der Waals surface area contributed by atoms with Crippen LogP contribution in [0.15, 0.2) is 48.5 Å². The topological polar surface area (TPSA) is 33.6 Å². The maximum atomic E-state index is 5.42. The fraction of sp³-hybridized carbons (Fsp3) is 0.263. The number of rotatable bonds is 2. The molecule has 2 aromatic carbocycles. The molecule has 0 aliphatic carbocycles. The van der Waals surface area contributed by atoms with Crippen molar-refractivity contribution in [3.05, 3.63) is 64.4 Å². The first-order valence-corrected chi connectivity index (χ1v) is 8.12. The normalized spacial score (nSPS) is 11.7. The summed E-state index contributed by atoms with van der Waals surface area (Å²) in [7, 11) is 0. The van der Waals surface area contributed by atoms with Gasteiger partial charge >= 0.3 is 0 Å². The summed E-state index contributed by atoms with van der Waals surface area (Å²) in [5.41, 5.74) is 4.73. The summed E-state index contributed by atoms with van der Waals surface area (Å²) in [5, 5.41) is 7.33. The van der Waals surface area contributed by atoms with Crippen LogP contribution >= 0.6 is 12.2 Å². The number of nitrogens with one attached hydrogen (secondary N) is 1. The second-order valence-electron chi connectivity index (χ2n) is 6.85.